The van der Waals surface area contributed by atoms with E-state index < -0.39 is 5.97 Å². The van der Waals surface area contributed by atoms with Crippen LogP contribution >= 0.6 is 0 Å². The molecule has 21 heavy (non-hydrogen) atoms. The predicted molar refractivity (Wildman–Crippen MR) is 84.4 cm³/mol. The third-order valence-corrected chi connectivity index (χ3v) is 3.08. The maximum absolute atomic E-state index is 12.0. The van der Waals surface area contributed by atoms with Crippen molar-refractivity contribution < 1.29 is 14.7 Å². The van der Waals surface area contributed by atoms with Crippen LogP contribution in [0.2, 0.25) is 0 Å². The summed E-state index contributed by atoms with van der Waals surface area (Å²) in [7, 11) is 3.98. The number of rotatable bonds is 10. The van der Waals surface area contributed by atoms with E-state index in [1.807, 2.05) is 21.0 Å². The van der Waals surface area contributed by atoms with Gasteiger partial charge in [0.2, 0.25) is 0 Å². The van der Waals surface area contributed by atoms with Gasteiger partial charge in [0.25, 0.3) is 0 Å². The molecular weight excluding hydrogens is 270 g/mol. The Bertz CT molecular complexity index is 309. The van der Waals surface area contributed by atoms with Crippen molar-refractivity contribution in [3.63, 3.8) is 0 Å². The Morgan fingerprint density at radius 2 is 1.76 bits per heavy atom. The molecule has 0 heterocycles. The van der Waals surface area contributed by atoms with E-state index in [1.54, 1.807) is 0 Å². The molecule has 0 radical (unpaired) electrons. The van der Waals surface area contributed by atoms with Crippen molar-refractivity contribution in [3.05, 3.63) is 0 Å². The molecule has 0 saturated carbocycles. The summed E-state index contributed by atoms with van der Waals surface area (Å²) < 4.78 is 0. The molecular formula is C15H31N3O3. The van der Waals surface area contributed by atoms with Crippen molar-refractivity contribution in [3.8, 4) is 0 Å². The molecule has 0 aromatic rings. The van der Waals surface area contributed by atoms with Gasteiger partial charge in [-0.2, -0.15) is 0 Å². The van der Waals surface area contributed by atoms with Crippen LogP contribution < -0.4 is 10.6 Å². The molecule has 2 unspecified atom stereocenters. The number of hydrogen-bond acceptors (Lipinski definition) is 3. The zero-order valence-electron chi connectivity index (χ0n) is 14.0. The van der Waals surface area contributed by atoms with Gasteiger partial charge in [0.1, 0.15) is 0 Å². The number of hydrogen-bond donors (Lipinski definition) is 3. The number of nitrogens with zero attached hydrogens (tertiary/aromatic N) is 1. The number of carbonyl (C=O) groups excluding carboxylic acids is 1. The SMILES string of the molecule is CC(C)CC(CN(C)C)NC(=O)NC(C)CCCC(=O)O. The first-order valence-corrected chi connectivity index (χ1v) is 7.64. The molecule has 0 rings (SSSR count). The molecule has 0 aliphatic heterocycles. The van der Waals surface area contributed by atoms with Crippen molar-refractivity contribution >= 4 is 12.0 Å². The highest BCUT2D eigenvalue weighted by atomic mass is 16.4. The zero-order chi connectivity index (χ0) is 16.4. The number of carbonyl (C=O) groups is 2. The lowest BCUT2D eigenvalue weighted by molar-refractivity contribution is -0.137. The van der Waals surface area contributed by atoms with Gasteiger partial charge in [0, 0.05) is 25.0 Å². The Morgan fingerprint density at radius 3 is 2.24 bits per heavy atom. The normalized spacial score (nSPS) is 14.0. The second-order valence-electron chi connectivity index (χ2n) is 6.39. The smallest absolute Gasteiger partial charge is 0.315 e. The molecule has 3 N–H and O–H groups in total. The highest BCUT2D eigenvalue weighted by Crippen LogP contribution is 2.06. The minimum Gasteiger partial charge on any atom is -0.481 e. The number of urea groups is 1. The Morgan fingerprint density at radius 1 is 1.14 bits per heavy atom. The second-order valence-corrected chi connectivity index (χ2v) is 6.39. The number of carboxylic acids is 1. The highest BCUT2D eigenvalue weighted by Gasteiger charge is 2.16. The quantitative estimate of drug-likeness (QED) is 0.575. The summed E-state index contributed by atoms with van der Waals surface area (Å²) in [6.45, 7) is 6.97. The Kier molecular flexibility index (Phi) is 9.78. The molecule has 124 valence electrons. The van der Waals surface area contributed by atoms with E-state index in [2.05, 4.69) is 29.4 Å². The Labute approximate surface area is 128 Å². The molecule has 0 aliphatic carbocycles. The van der Waals surface area contributed by atoms with Crippen LogP contribution in [0.3, 0.4) is 0 Å². The largest absolute Gasteiger partial charge is 0.481 e. The van der Waals surface area contributed by atoms with E-state index in [-0.39, 0.29) is 24.5 Å². The van der Waals surface area contributed by atoms with Crippen molar-refractivity contribution in [2.24, 2.45) is 5.92 Å². The third-order valence-electron chi connectivity index (χ3n) is 3.08. The van der Waals surface area contributed by atoms with Gasteiger partial charge in [0.15, 0.2) is 0 Å². The summed E-state index contributed by atoms with van der Waals surface area (Å²) in [6.07, 6.45) is 2.31. The third kappa shape index (κ3) is 12.2. The summed E-state index contributed by atoms with van der Waals surface area (Å²) >= 11 is 0. The van der Waals surface area contributed by atoms with Crippen LogP contribution in [0, 0.1) is 5.92 Å². The molecule has 0 bridgehead atoms. The highest BCUT2D eigenvalue weighted by molar-refractivity contribution is 5.74. The molecule has 0 fully saturated rings. The van der Waals surface area contributed by atoms with Gasteiger partial charge in [-0.15, -0.1) is 0 Å². The fourth-order valence-corrected chi connectivity index (χ4v) is 2.27. The number of amides is 2. The average Bonchev–Trinajstić information content (AvgIpc) is 2.25. The average molecular weight is 301 g/mol. The molecule has 2 amide bonds. The van der Waals surface area contributed by atoms with Gasteiger partial charge in [-0.25, -0.2) is 4.79 Å². The van der Waals surface area contributed by atoms with Crippen molar-refractivity contribution in [2.45, 2.75) is 58.5 Å². The molecule has 0 aliphatic rings. The van der Waals surface area contributed by atoms with E-state index in [1.165, 1.54) is 0 Å². The fraction of sp³-hybridized carbons (Fsp3) is 0.867. The standard InChI is InChI=1S/C15H31N3O3/c1-11(2)9-13(10-18(4)5)17-15(21)16-12(3)7-6-8-14(19)20/h11-13H,6-10H2,1-5H3,(H,19,20)(H2,16,17,21). The fourth-order valence-electron chi connectivity index (χ4n) is 2.27. The van der Waals surface area contributed by atoms with E-state index >= 15 is 0 Å². The van der Waals surface area contributed by atoms with Crippen LogP contribution in [-0.2, 0) is 4.79 Å². The first-order valence-electron chi connectivity index (χ1n) is 7.64. The first-order chi connectivity index (χ1) is 9.70. The van der Waals surface area contributed by atoms with Crippen molar-refractivity contribution in [2.75, 3.05) is 20.6 Å². The Hall–Kier alpha value is -1.30. The topological polar surface area (TPSA) is 81.7 Å². The predicted octanol–water partition coefficient (Wildman–Crippen LogP) is 1.91. The second kappa shape index (κ2) is 10.4. The molecule has 6 heteroatoms. The van der Waals surface area contributed by atoms with Crippen LogP contribution in [0.25, 0.3) is 0 Å². The van der Waals surface area contributed by atoms with Crippen molar-refractivity contribution in [1.29, 1.82) is 0 Å². The molecule has 0 saturated heterocycles. The molecule has 0 aromatic heterocycles. The van der Waals surface area contributed by atoms with E-state index in [0.29, 0.717) is 18.8 Å². The lowest BCUT2D eigenvalue weighted by Crippen LogP contribution is -2.49. The zero-order valence-corrected chi connectivity index (χ0v) is 14.0. The summed E-state index contributed by atoms with van der Waals surface area (Å²) in [5.74, 6) is -0.280. The van der Waals surface area contributed by atoms with Gasteiger partial charge < -0.3 is 20.6 Å². The molecule has 0 spiro atoms. The van der Waals surface area contributed by atoms with Crippen LogP contribution in [0.4, 0.5) is 4.79 Å². The maximum atomic E-state index is 12.0. The van der Waals surface area contributed by atoms with Gasteiger partial charge in [-0.1, -0.05) is 13.8 Å². The Balaban J connectivity index is 4.13. The van der Waals surface area contributed by atoms with Gasteiger partial charge in [-0.3, -0.25) is 4.79 Å². The van der Waals surface area contributed by atoms with Crippen LogP contribution in [-0.4, -0.2) is 54.7 Å². The minimum atomic E-state index is -0.797. The van der Waals surface area contributed by atoms with Crippen LogP contribution in [0.15, 0.2) is 0 Å². The summed E-state index contributed by atoms with van der Waals surface area (Å²) in [5, 5.41) is 14.5. The van der Waals surface area contributed by atoms with E-state index in [0.717, 1.165) is 13.0 Å². The molecule has 6 nitrogen and oxygen atoms in total. The van der Waals surface area contributed by atoms with Gasteiger partial charge in [-0.05, 0) is 46.2 Å². The number of aliphatic carboxylic acids is 1. The minimum absolute atomic E-state index is 0.0246. The van der Waals surface area contributed by atoms with Gasteiger partial charge in [0.05, 0.1) is 0 Å². The summed E-state index contributed by atoms with van der Waals surface area (Å²) in [5.41, 5.74) is 0. The molecule has 2 atom stereocenters. The lowest BCUT2D eigenvalue weighted by atomic mass is 10.0. The maximum Gasteiger partial charge on any atom is 0.315 e. The lowest BCUT2D eigenvalue weighted by Gasteiger charge is -2.25. The number of carboxylic acid groups (broad SMARTS) is 1. The number of nitrogens with one attached hydrogen (secondary N) is 2. The van der Waals surface area contributed by atoms with Crippen molar-refractivity contribution in [1.82, 2.24) is 15.5 Å². The van der Waals surface area contributed by atoms with Gasteiger partial charge >= 0.3 is 12.0 Å². The first kappa shape index (κ1) is 19.7. The van der Waals surface area contributed by atoms with Crippen LogP contribution in [0.5, 0.6) is 0 Å². The van der Waals surface area contributed by atoms with Crippen LogP contribution in [0.1, 0.15) is 46.5 Å². The summed E-state index contributed by atoms with van der Waals surface area (Å²) in [4.78, 5) is 24.5. The monoisotopic (exact) mass is 301 g/mol. The van der Waals surface area contributed by atoms with E-state index in [9.17, 15) is 9.59 Å². The van der Waals surface area contributed by atoms with E-state index in [4.69, 9.17) is 5.11 Å². The summed E-state index contributed by atoms with van der Waals surface area (Å²) in [6, 6.07) is -0.0834. The number of likely N-dealkylation sites (N-methyl/N-ethyl adjacent to an activating group) is 1. The molecule has 0 aromatic carbocycles.